The van der Waals surface area contributed by atoms with Crippen LogP contribution in [-0.4, -0.2) is 157 Å². The van der Waals surface area contributed by atoms with Gasteiger partial charge in [0.1, 0.15) is 17.5 Å². The quantitative estimate of drug-likeness (QED) is 0.0219. The minimum atomic E-state index is -0.904. The van der Waals surface area contributed by atoms with E-state index in [1.54, 1.807) is 64.4 Å². The maximum Gasteiger partial charge on any atom is 0.415 e. The van der Waals surface area contributed by atoms with Crippen LogP contribution in [0, 0.1) is 0 Å². The number of nitrogens with zero attached hydrogens (tertiary/aromatic N) is 4. The summed E-state index contributed by atoms with van der Waals surface area (Å²) < 4.78 is 6.08. The number of anilines is 3. The van der Waals surface area contributed by atoms with Crippen LogP contribution in [-0.2, 0) is 24.0 Å². The van der Waals surface area contributed by atoms with Gasteiger partial charge in [-0.05, 0) is 118 Å². The van der Waals surface area contributed by atoms with E-state index in [1.807, 2.05) is 31.3 Å². The number of amides is 8. The minimum Gasteiger partial charge on any atom is -0.409 e. The summed E-state index contributed by atoms with van der Waals surface area (Å²) in [5.41, 5.74) is 15.4. The zero-order valence-electron chi connectivity index (χ0n) is 44.3. The highest BCUT2D eigenvalue weighted by molar-refractivity contribution is 9.09. The highest BCUT2D eigenvalue weighted by Gasteiger charge is 2.36. The first-order valence-electron chi connectivity index (χ1n) is 26.9. The van der Waals surface area contributed by atoms with Gasteiger partial charge in [0.15, 0.2) is 0 Å². The molecule has 0 radical (unpaired) electrons. The van der Waals surface area contributed by atoms with Crippen molar-refractivity contribution in [2.75, 3.05) is 93.4 Å². The zero-order valence-corrected chi connectivity index (χ0v) is 45.9. The second-order valence-electron chi connectivity index (χ2n) is 20.0. The number of rotatable bonds is 25. The average molecular weight is 1150 g/mol. The van der Waals surface area contributed by atoms with Crippen molar-refractivity contribution in [3.05, 3.63) is 108 Å². The van der Waals surface area contributed by atoms with Crippen LogP contribution >= 0.6 is 15.9 Å². The minimum absolute atomic E-state index is 0.0221. The molecule has 10 N–H and O–H groups in total. The number of aromatic nitrogens is 1. The van der Waals surface area contributed by atoms with Crippen molar-refractivity contribution < 1.29 is 43.1 Å². The molecule has 3 atom stereocenters. The Kier molecular flexibility index (Phi) is 20.0. The number of carbonyl (C=O) groups is 8. The number of halogens is 1. The molecule has 1 aromatic heterocycles. The first kappa shape index (κ1) is 57.7. The molecule has 8 rings (SSSR count). The van der Waals surface area contributed by atoms with Gasteiger partial charge in [0.05, 0.1) is 11.7 Å². The lowest BCUT2D eigenvalue weighted by molar-refractivity contribution is -0.137. The molecule has 418 valence electrons. The largest absolute Gasteiger partial charge is 0.415 e. The molecule has 4 heterocycles. The normalized spacial score (nSPS) is 16.1. The fourth-order valence-corrected chi connectivity index (χ4v) is 10.5. The number of piperazine rings is 1. The van der Waals surface area contributed by atoms with Crippen LogP contribution in [0.4, 0.5) is 21.9 Å². The van der Waals surface area contributed by atoms with Crippen LogP contribution < -0.4 is 47.7 Å². The van der Waals surface area contributed by atoms with Crippen molar-refractivity contribution in [2.24, 2.45) is 11.5 Å². The molecule has 79 heavy (non-hydrogen) atoms. The van der Waals surface area contributed by atoms with Crippen molar-refractivity contribution >= 4 is 102 Å². The lowest BCUT2D eigenvalue weighted by atomic mass is 9.95. The number of hydrogen-bond acceptors (Lipinski definition) is 13. The Morgan fingerprint density at radius 3 is 2.14 bits per heavy atom. The Bertz CT molecular complexity index is 3070. The third kappa shape index (κ3) is 14.6. The van der Waals surface area contributed by atoms with Crippen molar-refractivity contribution in [2.45, 2.75) is 69.4 Å². The molecule has 5 aromatic rings. The van der Waals surface area contributed by atoms with Gasteiger partial charge in [0, 0.05) is 121 Å². The number of fused-ring (bicyclic) bond motifs is 4. The lowest BCUT2D eigenvalue weighted by Gasteiger charge is -2.31. The van der Waals surface area contributed by atoms with E-state index in [2.05, 4.69) is 52.4 Å². The molecular formula is C57H69BrN12O9. The number of H-pyrrole nitrogens is 1. The summed E-state index contributed by atoms with van der Waals surface area (Å²) in [5.74, 6) is -2.18. The van der Waals surface area contributed by atoms with E-state index in [4.69, 9.17) is 16.2 Å². The van der Waals surface area contributed by atoms with Crippen molar-refractivity contribution in [3.63, 3.8) is 0 Å². The van der Waals surface area contributed by atoms with Crippen LogP contribution in [0.25, 0.3) is 21.7 Å². The molecule has 1 saturated heterocycles. The Balaban J connectivity index is 0.867. The van der Waals surface area contributed by atoms with Gasteiger partial charge < -0.3 is 62.5 Å². The maximum atomic E-state index is 14.5. The second kappa shape index (κ2) is 27.4. The average Bonchev–Trinajstić information content (AvgIpc) is 4.38. The van der Waals surface area contributed by atoms with Crippen molar-refractivity contribution in [1.29, 1.82) is 0 Å². The fraction of sp³-hybridized carbons (Fsp3) is 0.404. The number of nitrogens with two attached hydrogens (primary N) is 2. The molecule has 3 aliphatic heterocycles. The molecule has 0 saturated carbocycles. The number of benzene rings is 4. The van der Waals surface area contributed by atoms with E-state index in [0.29, 0.717) is 128 Å². The number of hydrogen-bond donors (Lipinski definition) is 8. The van der Waals surface area contributed by atoms with Gasteiger partial charge >= 0.3 is 6.09 Å². The number of carbonyl (C=O) groups excluding carboxylic acids is 8. The SMILES string of the molecule is CN1CCN(C(=O)Oc2cc3c(c4ccccc24)[C@H](CBr)CN3C(=O)c2cc3cc(NC(=O)c4ccc(NC(=O)[C@H](CCCCN)NC(=O)[C@H](CCCCN)NCCNC(=O)CCCN5C(=O)C=CC5=O)cc4)ccc3[nH]2)CC1. The van der Waals surface area contributed by atoms with Gasteiger partial charge in [-0.15, -0.1) is 0 Å². The maximum absolute atomic E-state index is 14.5. The third-order valence-electron chi connectivity index (χ3n) is 14.4. The Hall–Kier alpha value is -7.50. The Morgan fingerprint density at radius 1 is 0.759 bits per heavy atom. The number of likely N-dealkylation sites (N-methyl/N-ethyl adjacent to an activating group) is 1. The van der Waals surface area contributed by atoms with Crippen LogP contribution in [0.1, 0.15) is 83.7 Å². The zero-order chi connectivity index (χ0) is 56.0. The first-order valence-corrected chi connectivity index (χ1v) is 28.0. The fourth-order valence-electron chi connectivity index (χ4n) is 10.0. The molecule has 0 bridgehead atoms. The highest BCUT2D eigenvalue weighted by Crippen LogP contribution is 2.46. The second-order valence-corrected chi connectivity index (χ2v) is 20.7. The molecular weight excluding hydrogens is 1080 g/mol. The Labute approximate surface area is 466 Å². The third-order valence-corrected chi connectivity index (χ3v) is 15.2. The number of unbranched alkanes of at least 4 members (excludes halogenated alkanes) is 2. The Morgan fingerprint density at radius 2 is 1.44 bits per heavy atom. The summed E-state index contributed by atoms with van der Waals surface area (Å²) in [6.45, 7) is 4.51. The van der Waals surface area contributed by atoms with Gasteiger partial charge in [0.25, 0.3) is 23.6 Å². The molecule has 8 amide bonds. The molecule has 1 fully saturated rings. The molecule has 22 heteroatoms. The standard InChI is InChI=1S/C57H69BrN12O9/c1-67-27-29-68(30-28-67)57(78)79-48-33-47-52(42-10-3-2-9-41(42)48)38(34-58)35-70(47)56(77)46-32-37-31-40(18-19-43(37)65-46)64-53(74)36-14-16-39(17-15-36)63-55(76)45(12-5-7-23-60)66-54(75)44(11-4-6-22-59)61-24-25-62-49(71)13-8-26-69-50(72)20-21-51(69)73/h2-3,9-10,14-21,31-33,38,44-45,61,65H,4-8,11-13,22-30,34-35,59-60H2,1H3,(H,62,71)(H,63,76)(H,64,74)(H,66,75)/t38-,44+,45+/m1/s1. The summed E-state index contributed by atoms with van der Waals surface area (Å²) in [7, 11) is 2.02. The van der Waals surface area contributed by atoms with Crippen molar-refractivity contribution in [3.8, 4) is 5.75 Å². The summed E-state index contributed by atoms with van der Waals surface area (Å²) >= 11 is 3.69. The lowest BCUT2D eigenvalue weighted by Crippen LogP contribution is -2.52. The molecule has 0 spiro atoms. The van der Waals surface area contributed by atoms with E-state index in [1.165, 1.54) is 12.2 Å². The van der Waals surface area contributed by atoms with Crippen molar-refractivity contribution in [1.82, 2.24) is 35.6 Å². The van der Waals surface area contributed by atoms with Crippen LogP contribution in [0.3, 0.4) is 0 Å². The van der Waals surface area contributed by atoms with Crippen LogP contribution in [0.5, 0.6) is 5.75 Å². The summed E-state index contributed by atoms with van der Waals surface area (Å²) in [6, 6.07) is 21.4. The molecule has 3 aliphatic rings. The van der Waals surface area contributed by atoms with E-state index < -0.39 is 41.8 Å². The van der Waals surface area contributed by atoms with Gasteiger partial charge in [-0.2, -0.15) is 0 Å². The smallest absolute Gasteiger partial charge is 0.409 e. The monoisotopic (exact) mass is 1140 g/mol. The molecule has 0 aliphatic carbocycles. The van der Waals surface area contributed by atoms with Gasteiger partial charge in [-0.25, -0.2) is 4.79 Å². The highest BCUT2D eigenvalue weighted by atomic mass is 79.9. The molecule has 21 nitrogen and oxygen atoms in total. The van der Waals surface area contributed by atoms with E-state index in [0.717, 1.165) is 34.3 Å². The number of nitrogens with one attached hydrogen (secondary N) is 6. The first-order chi connectivity index (χ1) is 38.2. The van der Waals surface area contributed by atoms with Gasteiger partial charge in [-0.3, -0.25) is 38.5 Å². The predicted molar refractivity (Wildman–Crippen MR) is 306 cm³/mol. The predicted octanol–water partition coefficient (Wildman–Crippen LogP) is 4.92. The number of imide groups is 1. The van der Waals surface area contributed by atoms with Crippen LogP contribution in [0.2, 0.25) is 0 Å². The summed E-state index contributed by atoms with van der Waals surface area (Å²) in [6.07, 6.45) is 5.72. The number of aromatic amines is 1. The summed E-state index contributed by atoms with van der Waals surface area (Å²) in [5, 5.41) is 17.7. The summed E-state index contributed by atoms with van der Waals surface area (Å²) in [4.78, 5) is 115. The van der Waals surface area contributed by atoms with Gasteiger partial charge in [0.2, 0.25) is 17.7 Å². The number of ether oxygens (including phenoxy) is 1. The van der Waals surface area contributed by atoms with Crippen LogP contribution in [0.15, 0.2) is 91.0 Å². The van der Waals surface area contributed by atoms with E-state index >= 15 is 0 Å². The topological polar surface area (TPSA) is 287 Å². The molecule has 0 unspecified atom stereocenters. The van der Waals surface area contributed by atoms with E-state index in [9.17, 15) is 38.4 Å². The van der Waals surface area contributed by atoms with E-state index in [-0.39, 0.29) is 49.7 Å². The molecule has 4 aromatic carbocycles. The van der Waals surface area contributed by atoms with Gasteiger partial charge in [-0.1, -0.05) is 46.6 Å². The number of alkyl halides is 1.